The van der Waals surface area contributed by atoms with Gasteiger partial charge in [0.25, 0.3) is 5.54 Å². The first-order valence-corrected chi connectivity index (χ1v) is 7.51. The Morgan fingerprint density at radius 3 is 2.00 bits per heavy atom. The van der Waals surface area contributed by atoms with Crippen molar-refractivity contribution in [1.29, 1.82) is 0 Å². The predicted octanol–water partition coefficient (Wildman–Crippen LogP) is 3.54. The van der Waals surface area contributed by atoms with E-state index in [-0.39, 0.29) is 6.61 Å². The molecule has 0 saturated carbocycles. The Balaban J connectivity index is 2.32. The zero-order chi connectivity index (χ0) is 19.2. The Bertz CT molecular complexity index is 750. The van der Waals surface area contributed by atoms with Crippen LogP contribution in [0.1, 0.15) is 11.1 Å². The van der Waals surface area contributed by atoms with E-state index >= 15 is 0 Å². The second kappa shape index (κ2) is 7.90. The summed E-state index contributed by atoms with van der Waals surface area (Å²) in [6.07, 6.45) is -6.56. The molecule has 0 radical (unpaired) electrons. The highest BCUT2D eigenvalue weighted by atomic mass is 19.4. The molecule has 0 heterocycles. The number of rotatable bonds is 5. The van der Waals surface area contributed by atoms with Gasteiger partial charge in [0, 0.05) is 0 Å². The molecule has 26 heavy (non-hydrogen) atoms. The molecular weight excluding hydrogens is 351 g/mol. The zero-order valence-electron chi connectivity index (χ0n) is 13.7. The minimum absolute atomic E-state index is 0.253. The smallest absolute Gasteiger partial charge is 0.426 e. The van der Waals surface area contributed by atoms with Gasteiger partial charge < -0.3 is 9.47 Å². The fraction of sp³-hybridized carbons (Fsp3) is 0.222. The van der Waals surface area contributed by atoms with Crippen LogP contribution in [0.4, 0.5) is 18.0 Å². The van der Waals surface area contributed by atoms with Crippen LogP contribution in [0, 0.1) is 0 Å². The first-order chi connectivity index (χ1) is 12.3. The van der Waals surface area contributed by atoms with Gasteiger partial charge in [0.2, 0.25) is 0 Å². The van der Waals surface area contributed by atoms with Crippen molar-refractivity contribution in [2.75, 3.05) is 7.11 Å². The lowest BCUT2D eigenvalue weighted by Gasteiger charge is -2.33. The number of carbonyl (C=O) groups excluding carboxylic acids is 2. The van der Waals surface area contributed by atoms with Crippen LogP contribution in [0.2, 0.25) is 0 Å². The summed E-state index contributed by atoms with van der Waals surface area (Å²) in [5.74, 6) is -1.67. The Hall–Kier alpha value is -3.03. The zero-order valence-corrected chi connectivity index (χ0v) is 13.7. The number of benzene rings is 2. The minimum Gasteiger partial charge on any atom is -0.467 e. The number of nitrogens with one attached hydrogen (secondary N) is 1. The lowest BCUT2D eigenvalue weighted by molar-refractivity contribution is -0.213. The van der Waals surface area contributed by atoms with Crippen molar-refractivity contribution in [3.05, 3.63) is 71.8 Å². The fourth-order valence-corrected chi connectivity index (χ4v) is 2.34. The van der Waals surface area contributed by atoms with Gasteiger partial charge >= 0.3 is 18.2 Å². The van der Waals surface area contributed by atoms with E-state index in [0.717, 1.165) is 19.2 Å². The second-order valence-electron chi connectivity index (χ2n) is 5.29. The number of hydrogen-bond donors (Lipinski definition) is 1. The summed E-state index contributed by atoms with van der Waals surface area (Å²) >= 11 is 0. The highest BCUT2D eigenvalue weighted by molar-refractivity contribution is 5.88. The van der Waals surface area contributed by atoms with E-state index in [1.165, 1.54) is 18.2 Å². The number of ether oxygens (including phenoxy) is 2. The highest BCUT2D eigenvalue weighted by Crippen LogP contribution is 2.40. The molecule has 2 aromatic carbocycles. The number of carbonyl (C=O) groups is 2. The first kappa shape index (κ1) is 19.3. The van der Waals surface area contributed by atoms with E-state index in [2.05, 4.69) is 4.74 Å². The third-order valence-electron chi connectivity index (χ3n) is 3.63. The van der Waals surface area contributed by atoms with Gasteiger partial charge in [-0.05, 0) is 11.1 Å². The van der Waals surface area contributed by atoms with Gasteiger partial charge in [0.05, 0.1) is 7.11 Å². The molecule has 5 nitrogen and oxygen atoms in total. The van der Waals surface area contributed by atoms with Crippen LogP contribution in [0.5, 0.6) is 0 Å². The van der Waals surface area contributed by atoms with Gasteiger partial charge in [-0.3, -0.25) is 5.32 Å². The molecular formula is C18H16F3NO4. The van der Waals surface area contributed by atoms with Crippen LogP contribution < -0.4 is 5.32 Å². The van der Waals surface area contributed by atoms with Crippen molar-refractivity contribution in [3.8, 4) is 0 Å². The topological polar surface area (TPSA) is 64.6 Å². The van der Waals surface area contributed by atoms with Crippen molar-refractivity contribution in [2.24, 2.45) is 0 Å². The summed E-state index contributed by atoms with van der Waals surface area (Å²) < 4.78 is 50.7. The van der Waals surface area contributed by atoms with Gasteiger partial charge in [-0.1, -0.05) is 60.7 Å². The maximum atomic E-state index is 13.9. The summed E-state index contributed by atoms with van der Waals surface area (Å²) in [7, 11) is 0.808. The van der Waals surface area contributed by atoms with Crippen LogP contribution >= 0.6 is 0 Å². The van der Waals surface area contributed by atoms with Crippen LogP contribution in [-0.2, 0) is 26.4 Å². The molecule has 1 amide bonds. The standard InChI is InChI=1S/C18H16F3NO4/c1-25-15(23)17(18(19,20)21,14-10-6-3-7-11-14)22-16(24)26-12-13-8-4-2-5-9-13/h2-11H,12H2,1H3,(H,22,24)/t17-/m1/s1. The van der Waals surface area contributed by atoms with Crippen LogP contribution in [0.3, 0.4) is 0 Å². The van der Waals surface area contributed by atoms with E-state index in [1.807, 2.05) is 0 Å². The lowest BCUT2D eigenvalue weighted by Crippen LogP contribution is -2.61. The lowest BCUT2D eigenvalue weighted by atomic mass is 9.89. The molecule has 8 heteroatoms. The highest BCUT2D eigenvalue weighted by Gasteiger charge is 2.64. The number of halogens is 3. The van der Waals surface area contributed by atoms with Crippen LogP contribution in [0.25, 0.3) is 0 Å². The van der Waals surface area contributed by atoms with Crippen LogP contribution in [-0.4, -0.2) is 25.3 Å². The third kappa shape index (κ3) is 3.96. The van der Waals surface area contributed by atoms with E-state index < -0.39 is 29.3 Å². The number of methoxy groups -OCH3 is 1. The minimum atomic E-state index is -5.16. The largest absolute Gasteiger partial charge is 0.467 e. The molecule has 0 aliphatic rings. The van der Waals surface area contributed by atoms with Crippen molar-refractivity contribution >= 4 is 12.1 Å². The summed E-state index contributed by atoms with van der Waals surface area (Å²) in [5, 5.41) is 1.65. The molecule has 1 atom stereocenters. The molecule has 2 rings (SSSR count). The van der Waals surface area contributed by atoms with Gasteiger partial charge in [0.15, 0.2) is 0 Å². The van der Waals surface area contributed by atoms with Crippen molar-refractivity contribution < 1.29 is 32.2 Å². The van der Waals surface area contributed by atoms with E-state index in [4.69, 9.17) is 4.74 Å². The summed E-state index contributed by atoms with van der Waals surface area (Å²) in [5.41, 5.74) is -3.29. The number of alkyl halides is 3. The SMILES string of the molecule is COC(=O)[C@](NC(=O)OCc1ccccc1)(c1ccccc1)C(F)(F)F. The molecule has 138 valence electrons. The average Bonchev–Trinajstić information content (AvgIpc) is 2.64. The maximum Gasteiger partial charge on any atom is 0.426 e. The Kier molecular flexibility index (Phi) is 5.86. The molecule has 0 aliphatic carbocycles. The second-order valence-corrected chi connectivity index (χ2v) is 5.29. The fourth-order valence-electron chi connectivity index (χ4n) is 2.34. The molecule has 0 saturated heterocycles. The van der Waals surface area contributed by atoms with Gasteiger partial charge in [-0.15, -0.1) is 0 Å². The molecule has 0 aromatic heterocycles. The Labute approximate surface area is 147 Å². The third-order valence-corrected chi connectivity index (χ3v) is 3.63. The van der Waals surface area contributed by atoms with E-state index in [1.54, 1.807) is 35.6 Å². The molecule has 0 aliphatic heterocycles. The summed E-state index contributed by atoms with van der Waals surface area (Å²) in [6, 6.07) is 14.7. The summed E-state index contributed by atoms with van der Waals surface area (Å²) in [4.78, 5) is 24.1. The van der Waals surface area contributed by atoms with Gasteiger partial charge in [0.1, 0.15) is 6.61 Å². The Morgan fingerprint density at radius 2 is 1.50 bits per heavy atom. The monoisotopic (exact) mass is 367 g/mol. The van der Waals surface area contributed by atoms with Crippen molar-refractivity contribution in [1.82, 2.24) is 5.32 Å². The molecule has 0 unspecified atom stereocenters. The van der Waals surface area contributed by atoms with Crippen LogP contribution in [0.15, 0.2) is 60.7 Å². The maximum absolute atomic E-state index is 13.9. The number of esters is 1. The predicted molar refractivity (Wildman–Crippen MR) is 86.0 cm³/mol. The normalized spacial score (nSPS) is 13.4. The number of alkyl carbamates (subject to hydrolysis) is 1. The number of hydrogen-bond acceptors (Lipinski definition) is 4. The quantitative estimate of drug-likeness (QED) is 0.821. The molecule has 2 aromatic rings. The first-order valence-electron chi connectivity index (χ1n) is 7.51. The average molecular weight is 367 g/mol. The van der Waals surface area contributed by atoms with Crippen molar-refractivity contribution in [2.45, 2.75) is 18.3 Å². The van der Waals surface area contributed by atoms with Gasteiger partial charge in [-0.25, -0.2) is 9.59 Å². The number of amides is 1. The molecule has 0 spiro atoms. The summed E-state index contributed by atoms with van der Waals surface area (Å²) in [6.45, 7) is -0.253. The molecule has 0 bridgehead atoms. The van der Waals surface area contributed by atoms with Gasteiger partial charge in [-0.2, -0.15) is 13.2 Å². The Morgan fingerprint density at radius 1 is 0.962 bits per heavy atom. The van der Waals surface area contributed by atoms with Crippen molar-refractivity contribution in [3.63, 3.8) is 0 Å². The molecule has 0 fully saturated rings. The molecule has 1 N–H and O–H groups in total. The van der Waals surface area contributed by atoms with E-state index in [0.29, 0.717) is 5.56 Å². The van der Waals surface area contributed by atoms with E-state index in [9.17, 15) is 22.8 Å².